The quantitative estimate of drug-likeness (QED) is 0.570. The Kier molecular flexibility index (Phi) is 3.26. The predicted octanol–water partition coefficient (Wildman–Crippen LogP) is -0.404. The van der Waals surface area contributed by atoms with Gasteiger partial charge in [-0.05, 0) is 6.92 Å². The Balaban J connectivity index is 2.37. The van der Waals surface area contributed by atoms with Crippen molar-refractivity contribution in [3.05, 3.63) is 0 Å². The van der Waals surface area contributed by atoms with E-state index >= 15 is 0 Å². The van der Waals surface area contributed by atoms with Gasteiger partial charge in [-0.1, -0.05) is 0 Å². The molecule has 0 aromatic heterocycles. The van der Waals surface area contributed by atoms with Crippen molar-refractivity contribution in [1.29, 1.82) is 0 Å². The van der Waals surface area contributed by atoms with Crippen LogP contribution in [-0.2, 0) is 9.47 Å². The van der Waals surface area contributed by atoms with Gasteiger partial charge < -0.3 is 9.47 Å². The highest BCUT2D eigenvalue weighted by atomic mass is 16.5. The fraction of sp³-hybridized carbons (Fsp3) is 1.00. The summed E-state index contributed by atoms with van der Waals surface area (Å²) in [6.45, 7) is 4.23. The second-order valence-electron chi connectivity index (χ2n) is 2.72. The van der Waals surface area contributed by atoms with Crippen molar-refractivity contribution in [3.63, 3.8) is 0 Å². The smallest absolute Gasteiger partial charge is 0.0989 e. The Morgan fingerprint density at radius 2 is 2.09 bits per heavy atom. The van der Waals surface area contributed by atoms with E-state index in [-0.39, 0.29) is 12.2 Å². The molecule has 0 aromatic rings. The highest BCUT2D eigenvalue weighted by molar-refractivity contribution is 4.82. The molecule has 1 fully saturated rings. The van der Waals surface area contributed by atoms with Crippen molar-refractivity contribution >= 4 is 0 Å². The van der Waals surface area contributed by atoms with Gasteiger partial charge in [-0.2, -0.15) is 0 Å². The number of hydrazine groups is 1. The average molecular weight is 160 g/mol. The molecular formula is C7H16N2O2. The molecule has 1 rings (SSSR count). The largest absolute Gasteiger partial charge is 0.377 e. The topological polar surface area (TPSA) is 47.7 Å². The predicted molar refractivity (Wildman–Crippen MR) is 42.0 cm³/mol. The molecule has 4 nitrogen and oxygen atoms in total. The van der Waals surface area contributed by atoms with Gasteiger partial charge in [0, 0.05) is 26.8 Å². The Bertz CT molecular complexity index is 121. The SMILES string of the molecule is CCO[C@@H]1CN(N)C[C@H]1OC. The van der Waals surface area contributed by atoms with Crippen molar-refractivity contribution in [3.8, 4) is 0 Å². The number of hydrogen-bond acceptors (Lipinski definition) is 4. The van der Waals surface area contributed by atoms with E-state index < -0.39 is 0 Å². The Morgan fingerprint density at radius 1 is 1.45 bits per heavy atom. The van der Waals surface area contributed by atoms with Gasteiger partial charge >= 0.3 is 0 Å². The van der Waals surface area contributed by atoms with Gasteiger partial charge in [0.05, 0.1) is 12.2 Å². The summed E-state index contributed by atoms with van der Waals surface area (Å²) in [6, 6.07) is 0. The molecule has 0 aromatic carbocycles. The van der Waals surface area contributed by atoms with Crippen molar-refractivity contribution in [2.45, 2.75) is 19.1 Å². The standard InChI is InChI=1S/C7H16N2O2/c1-3-11-7-5-9(8)4-6(7)10-2/h6-7H,3-5,8H2,1-2H3/t6-,7-/m1/s1. The molecule has 0 bridgehead atoms. The summed E-state index contributed by atoms with van der Waals surface area (Å²) in [6.07, 6.45) is 0.287. The van der Waals surface area contributed by atoms with Gasteiger partial charge in [0.1, 0.15) is 0 Å². The van der Waals surface area contributed by atoms with Crippen LogP contribution in [0.25, 0.3) is 0 Å². The third-order valence-corrected chi connectivity index (χ3v) is 1.93. The van der Waals surface area contributed by atoms with Crippen molar-refractivity contribution in [1.82, 2.24) is 5.01 Å². The summed E-state index contributed by atoms with van der Waals surface area (Å²) >= 11 is 0. The van der Waals surface area contributed by atoms with Crippen LogP contribution in [-0.4, -0.2) is 44.0 Å². The maximum Gasteiger partial charge on any atom is 0.0989 e. The van der Waals surface area contributed by atoms with Crippen LogP contribution in [0.3, 0.4) is 0 Å². The molecule has 0 spiro atoms. The molecule has 2 N–H and O–H groups in total. The number of ether oxygens (including phenoxy) is 2. The number of rotatable bonds is 3. The van der Waals surface area contributed by atoms with E-state index in [1.54, 1.807) is 12.1 Å². The molecule has 0 unspecified atom stereocenters. The zero-order valence-corrected chi connectivity index (χ0v) is 7.12. The van der Waals surface area contributed by atoms with Crippen LogP contribution in [0.5, 0.6) is 0 Å². The van der Waals surface area contributed by atoms with E-state index in [0.29, 0.717) is 0 Å². The first-order chi connectivity index (χ1) is 5.27. The van der Waals surface area contributed by atoms with E-state index in [4.69, 9.17) is 15.3 Å². The molecule has 0 aliphatic carbocycles. The van der Waals surface area contributed by atoms with Gasteiger partial charge in [0.25, 0.3) is 0 Å². The van der Waals surface area contributed by atoms with Crippen molar-refractivity contribution < 1.29 is 9.47 Å². The zero-order valence-electron chi connectivity index (χ0n) is 7.12. The summed E-state index contributed by atoms with van der Waals surface area (Å²) in [5, 5.41) is 1.73. The first kappa shape index (κ1) is 8.93. The highest BCUT2D eigenvalue weighted by Gasteiger charge is 2.31. The second kappa shape index (κ2) is 4.01. The third kappa shape index (κ3) is 2.13. The van der Waals surface area contributed by atoms with Crippen LogP contribution in [0.1, 0.15) is 6.92 Å². The number of nitrogens with two attached hydrogens (primary N) is 1. The minimum atomic E-state index is 0.139. The van der Waals surface area contributed by atoms with Crippen LogP contribution in [0.2, 0.25) is 0 Å². The summed E-state index contributed by atoms with van der Waals surface area (Å²) in [5.41, 5.74) is 0. The number of methoxy groups -OCH3 is 1. The lowest BCUT2D eigenvalue weighted by molar-refractivity contribution is -0.0233. The minimum absolute atomic E-state index is 0.139. The second-order valence-corrected chi connectivity index (χ2v) is 2.72. The lowest BCUT2D eigenvalue weighted by atomic mass is 10.2. The van der Waals surface area contributed by atoms with Crippen LogP contribution in [0.4, 0.5) is 0 Å². The molecule has 66 valence electrons. The van der Waals surface area contributed by atoms with Gasteiger partial charge in [-0.3, -0.25) is 5.84 Å². The maximum atomic E-state index is 5.59. The summed E-state index contributed by atoms with van der Waals surface area (Å²) in [7, 11) is 1.69. The molecule has 1 aliphatic rings. The van der Waals surface area contributed by atoms with Crippen molar-refractivity contribution in [2.75, 3.05) is 26.8 Å². The highest BCUT2D eigenvalue weighted by Crippen LogP contribution is 2.12. The Morgan fingerprint density at radius 3 is 2.64 bits per heavy atom. The van der Waals surface area contributed by atoms with E-state index in [1.165, 1.54) is 0 Å². The molecule has 0 saturated carbocycles. The van der Waals surface area contributed by atoms with Gasteiger partial charge in [-0.25, -0.2) is 5.01 Å². The van der Waals surface area contributed by atoms with E-state index in [1.807, 2.05) is 6.92 Å². The number of nitrogens with zero attached hydrogens (tertiary/aromatic N) is 1. The molecule has 0 radical (unpaired) electrons. The Labute approximate surface area is 67.2 Å². The van der Waals surface area contributed by atoms with Crippen LogP contribution in [0, 0.1) is 0 Å². The molecule has 1 heterocycles. The van der Waals surface area contributed by atoms with Gasteiger partial charge in [0.15, 0.2) is 0 Å². The fourth-order valence-corrected chi connectivity index (χ4v) is 1.37. The number of hydrogen-bond donors (Lipinski definition) is 1. The maximum absolute atomic E-state index is 5.59. The first-order valence-corrected chi connectivity index (χ1v) is 3.92. The minimum Gasteiger partial charge on any atom is -0.377 e. The third-order valence-electron chi connectivity index (χ3n) is 1.93. The molecule has 1 saturated heterocycles. The van der Waals surface area contributed by atoms with Crippen LogP contribution < -0.4 is 5.84 Å². The molecular weight excluding hydrogens is 144 g/mol. The molecule has 1 aliphatic heterocycles. The normalized spacial score (nSPS) is 33.0. The van der Waals surface area contributed by atoms with Crippen molar-refractivity contribution in [2.24, 2.45) is 5.84 Å². The zero-order chi connectivity index (χ0) is 8.27. The lowest BCUT2D eigenvalue weighted by Crippen LogP contribution is -2.29. The molecule has 11 heavy (non-hydrogen) atoms. The lowest BCUT2D eigenvalue weighted by Gasteiger charge is -2.15. The van der Waals surface area contributed by atoms with Gasteiger partial charge in [0.2, 0.25) is 0 Å². The summed E-state index contributed by atoms with van der Waals surface area (Å²) in [5.74, 6) is 5.59. The fourth-order valence-electron chi connectivity index (χ4n) is 1.37. The Hall–Kier alpha value is -0.160. The molecule has 2 atom stereocenters. The van der Waals surface area contributed by atoms with Crippen LogP contribution >= 0.6 is 0 Å². The van der Waals surface area contributed by atoms with E-state index in [9.17, 15) is 0 Å². The summed E-state index contributed by atoms with van der Waals surface area (Å²) < 4.78 is 10.6. The van der Waals surface area contributed by atoms with E-state index in [0.717, 1.165) is 19.7 Å². The first-order valence-electron chi connectivity index (χ1n) is 3.92. The van der Waals surface area contributed by atoms with E-state index in [2.05, 4.69) is 0 Å². The molecule has 0 amide bonds. The van der Waals surface area contributed by atoms with Crippen LogP contribution in [0.15, 0.2) is 0 Å². The summed E-state index contributed by atoms with van der Waals surface area (Å²) in [4.78, 5) is 0. The molecule has 4 heteroatoms. The monoisotopic (exact) mass is 160 g/mol. The average Bonchev–Trinajstić information content (AvgIpc) is 2.32. The van der Waals surface area contributed by atoms with Gasteiger partial charge in [-0.15, -0.1) is 0 Å².